The normalized spacial score (nSPS) is 20.7. The Morgan fingerprint density at radius 2 is 2.00 bits per heavy atom. The summed E-state index contributed by atoms with van der Waals surface area (Å²) in [6.45, 7) is 5.01. The van der Waals surface area contributed by atoms with Crippen LogP contribution in [0.25, 0.3) is 0 Å². The number of carbonyl (C=O) groups excluding carboxylic acids is 1. The van der Waals surface area contributed by atoms with Gasteiger partial charge in [-0.3, -0.25) is 15.0 Å². The monoisotopic (exact) mass is 354 g/mol. The Kier molecular flexibility index (Phi) is 5.02. The fourth-order valence-corrected chi connectivity index (χ4v) is 3.78. The number of carboxylic acid groups (broad SMARTS) is 1. The third kappa shape index (κ3) is 3.78. The lowest BCUT2D eigenvalue weighted by atomic mass is 10.1. The van der Waals surface area contributed by atoms with Crippen LogP contribution in [-0.2, 0) is 9.53 Å². The Hall–Kier alpha value is -2.29. The average molecular weight is 354 g/mol. The van der Waals surface area contributed by atoms with Gasteiger partial charge in [-0.15, -0.1) is 11.8 Å². The number of nitro benzene ring substituents is 1. The lowest BCUT2D eigenvalue weighted by Gasteiger charge is -2.30. The third-order valence-corrected chi connectivity index (χ3v) is 4.59. The van der Waals surface area contributed by atoms with E-state index in [4.69, 9.17) is 4.74 Å². The Balaban J connectivity index is 2.43. The summed E-state index contributed by atoms with van der Waals surface area (Å²) in [5.41, 5.74) is -0.683. The number of hydrogen-bond acceptors (Lipinski definition) is 6. The lowest BCUT2D eigenvalue weighted by molar-refractivity contribution is -0.385. The molecule has 0 radical (unpaired) electrons. The largest absolute Gasteiger partial charge is 0.480 e. The van der Waals surface area contributed by atoms with Crippen molar-refractivity contribution in [3.8, 4) is 0 Å². The van der Waals surface area contributed by atoms with Crippen LogP contribution in [0.2, 0.25) is 0 Å². The summed E-state index contributed by atoms with van der Waals surface area (Å²) in [5, 5.41) is 19.8. The van der Waals surface area contributed by atoms with E-state index in [0.29, 0.717) is 0 Å². The number of hydrogen-bond donors (Lipinski definition) is 1. The Morgan fingerprint density at radius 1 is 1.38 bits per heavy atom. The predicted octanol–water partition coefficient (Wildman–Crippen LogP) is 3.03. The number of para-hydroxylation sites is 1. The van der Waals surface area contributed by atoms with Crippen LogP contribution in [0.3, 0.4) is 0 Å². The molecule has 0 aliphatic carbocycles. The van der Waals surface area contributed by atoms with E-state index in [1.165, 1.54) is 30.0 Å². The summed E-state index contributed by atoms with van der Waals surface area (Å²) in [4.78, 5) is 35.7. The zero-order chi connectivity index (χ0) is 18.1. The van der Waals surface area contributed by atoms with Crippen molar-refractivity contribution in [3.63, 3.8) is 0 Å². The van der Waals surface area contributed by atoms with Gasteiger partial charge in [-0.25, -0.2) is 9.59 Å². The Bertz CT molecular complexity index is 672. The highest BCUT2D eigenvalue weighted by Crippen LogP contribution is 2.45. The van der Waals surface area contributed by atoms with Gasteiger partial charge in [0.1, 0.15) is 17.0 Å². The summed E-state index contributed by atoms with van der Waals surface area (Å²) < 4.78 is 5.29. The number of carboxylic acids is 1. The molecule has 0 bridgehead atoms. The number of carbonyl (C=O) groups is 2. The standard InChI is InChI=1S/C15H18N2O6S/c1-15(2,3)23-14(20)16-11(13(18)19)8-24-12(16)9-6-4-5-7-10(9)17(21)22/h4-7,11-12H,8H2,1-3H3,(H,18,19)/t11-,12+/m0/s1. The molecule has 2 atom stereocenters. The van der Waals surface area contributed by atoms with Gasteiger partial charge in [0.25, 0.3) is 5.69 Å². The highest BCUT2D eigenvalue weighted by molar-refractivity contribution is 7.99. The van der Waals surface area contributed by atoms with Gasteiger partial charge < -0.3 is 9.84 Å². The number of nitro groups is 1. The Labute approximate surface area is 142 Å². The van der Waals surface area contributed by atoms with E-state index in [2.05, 4.69) is 0 Å². The second kappa shape index (κ2) is 6.68. The maximum absolute atomic E-state index is 12.5. The van der Waals surface area contributed by atoms with Crippen LogP contribution in [0.15, 0.2) is 24.3 Å². The number of ether oxygens (including phenoxy) is 1. The predicted molar refractivity (Wildman–Crippen MR) is 87.8 cm³/mol. The van der Waals surface area contributed by atoms with Crippen molar-refractivity contribution in [2.45, 2.75) is 37.8 Å². The van der Waals surface area contributed by atoms with Crippen molar-refractivity contribution >= 4 is 29.5 Å². The fraction of sp³-hybridized carbons (Fsp3) is 0.467. The zero-order valence-electron chi connectivity index (χ0n) is 13.5. The first-order valence-electron chi connectivity index (χ1n) is 7.21. The van der Waals surface area contributed by atoms with Crippen molar-refractivity contribution < 1.29 is 24.4 Å². The van der Waals surface area contributed by atoms with Crippen molar-refractivity contribution in [2.24, 2.45) is 0 Å². The molecule has 1 saturated heterocycles. The van der Waals surface area contributed by atoms with Gasteiger partial charge >= 0.3 is 12.1 Å². The minimum Gasteiger partial charge on any atom is -0.480 e. The first-order chi connectivity index (χ1) is 11.1. The van der Waals surface area contributed by atoms with Gasteiger partial charge in [0.15, 0.2) is 0 Å². The zero-order valence-corrected chi connectivity index (χ0v) is 14.3. The average Bonchev–Trinajstić information content (AvgIpc) is 2.90. The van der Waals surface area contributed by atoms with Crippen molar-refractivity contribution in [1.29, 1.82) is 0 Å². The molecule has 130 valence electrons. The first-order valence-corrected chi connectivity index (χ1v) is 8.25. The summed E-state index contributed by atoms with van der Waals surface area (Å²) in [6.07, 6.45) is -0.803. The van der Waals surface area contributed by atoms with E-state index in [-0.39, 0.29) is 17.0 Å². The molecular weight excluding hydrogens is 336 g/mol. The van der Waals surface area contributed by atoms with Crippen LogP contribution in [-0.4, -0.2) is 44.4 Å². The summed E-state index contributed by atoms with van der Waals surface area (Å²) in [5.74, 6) is -1.04. The molecule has 1 aromatic rings. The summed E-state index contributed by atoms with van der Waals surface area (Å²) in [7, 11) is 0. The number of benzene rings is 1. The number of aliphatic carboxylic acids is 1. The fourth-order valence-electron chi connectivity index (χ4n) is 2.34. The second-order valence-electron chi connectivity index (χ2n) is 6.24. The van der Waals surface area contributed by atoms with Gasteiger partial charge in [-0.2, -0.15) is 0 Å². The molecule has 1 aliphatic heterocycles. The molecule has 9 heteroatoms. The molecule has 0 aromatic heterocycles. The minimum atomic E-state index is -1.17. The molecule has 0 unspecified atom stereocenters. The molecular formula is C15H18N2O6S. The van der Waals surface area contributed by atoms with Crippen molar-refractivity contribution in [2.75, 3.05) is 5.75 Å². The molecule has 1 aliphatic rings. The second-order valence-corrected chi connectivity index (χ2v) is 7.36. The highest BCUT2D eigenvalue weighted by Gasteiger charge is 2.46. The van der Waals surface area contributed by atoms with Gasteiger partial charge in [0.2, 0.25) is 0 Å². The quantitative estimate of drug-likeness (QED) is 0.656. The molecule has 0 spiro atoms. The van der Waals surface area contributed by atoms with E-state index in [9.17, 15) is 24.8 Å². The number of nitrogens with zero attached hydrogens (tertiary/aromatic N) is 2. The lowest BCUT2D eigenvalue weighted by Crippen LogP contribution is -2.45. The van der Waals surface area contributed by atoms with Crippen molar-refractivity contribution in [1.82, 2.24) is 4.90 Å². The third-order valence-electron chi connectivity index (χ3n) is 3.29. The van der Waals surface area contributed by atoms with Crippen LogP contribution in [0.1, 0.15) is 31.7 Å². The molecule has 1 fully saturated rings. The molecule has 8 nitrogen and oxygen atoms in total. The SMILES string of the molecule is CC(C)(C)OC(=O)N1[C@@H](c2ccccc2[N+](=O)[O-])SC[C@H]1C(=O)O. The maximum atomic E-state index is 12.5. The van der Waals surface area contributed by atoms with E-state index in [0.717, 1.165) is 4.90 Å². The molecule has 0 saturated carbocycles. The van der Waals surface area contributed by atoms with Gasteiger partial charge in [0, 0.05) is 11.8 Å². The maximum Gasteiger partial charge on any atom is 0.412 e. The van der Waals surface area contributed by atoms with Crippen molar-refractivity contribution in [3.05, 3.63) is 39.9 Å². The summed E-state index contributed by atoms with van der Waals surface area (Å²) in [6, 6.07) is 4.89. The van der Waals surface area contributed by atoms with Gasteiger partial charge in [-0.05, 0) is 26.8 Å². The van der Waals surface area contributed by atoms with Crippen LogP contribution < -0.4 is 0 Å². The molecule has 2 rings (SSSR count). The molecule has 1 aromatic carbocycles. The van der Waals surface area contributed by atoms with Crippen LogP contribution >= 0.6 is 11.8 Å². The topological polar surface area (TPSA) is 110 Å². The number of rotatable bonds is 3. The van der Waals surface area contributed by atoms with Gasteiger partial charge in [-0.1, -0.05) is 12.1 Å². The minimum absolute atomic E-state index is 0.130. The van der Waals surface area contributed by atoms with Crippen LogP contribution in [0, 0.1) is 10.1 Å². The highest BCUT2D eigenvalue weighted by atomic mass is 32.2. The van der Waals surface area contributed by atoms with E-state index < -0.39 is 34.0 Å². The molecule has 1 heterocycles. The Morgan fingerprint density at radius 3 is 2.54 bits per heavy atom. The number of amides is 1. The van der Waals surface area contributed by atoms with Crippen LogP contribution in [0.4, 0.5) is 10.5 Å². The molecule has 24 heavy (non-hydrogen) atoms. The van der Waals surface area contributed by atoms with Gasteiger partial charge in [0.05, 0.1) is 10.5 Å². The first kappa shape index (κ1) is 18.1. The smallest absolute Gasteiger partial charge is 0.412 e. The van der Waals surface area contributed by atoms with E-state index in [1.807, 2.05) is 0 Å². The van der Waals surface area contributed by atoms with E-state index in [1.54, 1.807) is 26.8 Å². The van der Waals surface area contributed by atoms with Crippen LogP contribution in [0.5, 0.6) is 0 Å². The molecule has 1 N–H and O–H groups in total. The number of thioether (sulfide) groups is 1. The molecule has 1 amide bonds. The van der Waals surface area contributed by atoms with E-state index >= 15 is 0 Å². The summed E-state index contributed by atoms with van der Waals surface area (Å²) >= 11 is 1.17.